The van der Waals surface area contributed by atoms with Gasteiger partial charge in [0.25, 0.3) is 0 Å². The van der Waals surface area contributed by atoms with Gasteiger partial charge in [-0.15, -0.1) is 0 Å². The summed E-state index contributed by atoms with van der Waals surface area (Å²) in [5, 5.41) is 0. The minimum atomic E-state index is 0.149. The molecule has 2 aliphatic rings. The molecule has 26 heavy (non-hydrogen) atoms. The number of carbonyl (C=O) groups excluding carboxylic acids is 1. The van der Waals surface area contributed by atoms with Gasteiger partial charge in [-0.05, 0) is 36.2 Å². The Morgan fingerprint density at radius 1 is 1.15 bits per heavy atom. The molecular weight excluding hydrogens is 330 g/mol. The molecule has 1 saturated heterocycles. The summed E-state index contributed by atoms with van der Waals surface area (Å²) in [4.78, 5) is 19.1. The number of carbonyl (C=O) groups is 1. The van der Waals surface area contributed by atoms with Crippen molar-refractivity contribution in [2.24, 2.45) is 0 Å². The van der Waals surface area contributed by atoms with Crippen molar-refractivity contribution in [1.82, 2.24) is 14.5 Å². The van der Waals surface area contributed by atoms with Crippen LogP contribution in [0.3, 0.4) is 0 Å². The van der Waals surface area contributed by atoms with Crippen LogP contribution in [-0.4, -0.2) is 40.2 Å². The topological polar surface area (TPSA) is 56.6 Å². The average Bonchev–Trinajstić information content (AvgIpc) is 3.39. The number of hydrogen-bond acceptors (Lipinski definition) is 4. The largest absolute Gasteiger partial charge is 0.454 e. The van der Waals surface area contributed by atoms with Gasteiger partial charge >= 0.3 is 0 Å². The van der Waals surface area contributed by atoms with Crippen LogP contribution < -0.4 is 9.47 Å². The lowest BCUT2D eigenvalue weighted by Gasteiger charge is -2.17. The number of benzene rings is 2. The van der Waals surface area contributed by atoms with Gasteiger partial charge in [0.2, 0.25) is 12.7 Å². The van der Waals surface area contributed by atoms with E-state index in [2.05, 4.69) is 15.6 Å². The van der Waals surface area contributed by atoms with Crippen LogP contribution in [0.4, 0.5) is 0 Å². The predicted molar refractivity (Wildman–Crippen MR) is 96.2 cm³/mol. The first-order valence-corrected chi connectivity index (χ1v) is 8.86. The average molecular weight is 349 g/mol. The molecule has 0 unspecified atom stereocenters. The van der Waals surface area contributed by atoms with Crippen molar-refractivity contribution in [3.05, 3.63) is 54.4 Å². The molecule has 1 fully saturated rings. The van der Waals surface area contributed by atoms with E-state index in [9.17, 15) is 4.79 Å². The van der Waals surface area contributed by atoms with Gasteiger partial charge in [0.15, 0.2) is 11.5 Å². The van der Waals surface area contributed by atoms with Crippen LogP contribution >= 0.6 is 0 Å². The molecule has 0 radical (unpaired) electrons. The van der Waals surface area contributed by atoms with E-state index in [4.69, 9.17) is 9.47 Å². The molecule has 1 atom stereocenters. The van der Waals surface area contributed by atoms with Crippen LogP contribution in [0.15, 0.2) is 48.8 Å². The number of rotatable bonds is 3. The Labute approximate surface area is 151 Å². The van der Waals surface area contributed by atoms with Crippen LogP contribution in [0.1, 0.15) is 18.0 Å². The van der Waals surface area contributed by atoms with Gasteiger partial charge in [-0.1, -0.05) is 18.2 Å². The zero-order valence-electron chi connectivity index (χ0n) is 14.3. The summed E-state index contributed by atoms with van der Waals surface area (Å²) in [6, 6.07) is 14.1. The SMILES string of the molecule is O=C(Cc1ccc2c(c1)OCO2)N1CC[C@H](n2cnc3ccccc32)C1. The Kier molecular flexibility index (Phi) is 3.55. The van der Waals surface area contributed by atoms with Crippen LogP contribution in [0.25, 0.3) is 11.0 Å². The molecule has 5 rings (SSSR count). The van der Waals surface area contributed by atoms with Gasteiger partial charge in [0.1, 0.15) is 0 Å². The number of fused-ring (bicyclic) bond motifs is 2. The molecular formula is C20H19N3O3. The Bertz CT molecular complexity index is 981. The third kappa shape index (κ3) is 2.58. The summed E-state index contributed by atoms with van der Waals surface area (Å²) in [6.07, 6.45) is 3.22. The Balaban J connectivity index is 1.29. The highest BCUT2D eigenvalue weighted by molar-refractivity contribution is 5.79. The highest BCUT2D eigenvalue weighted by Gasteiger charge is 2.28. The number of nitrogens with zero attached hydrogens (tertiary/aromatic N) is 3. The number of para-hydroxylation sites is 2. The van der Waals surface area contributed by atoms with E-state index in [1.807, 2.05) is 47.6 Å². The molecule has 2 aromatic carbocycles. The summed E-state index contributed by atoms with van der Waals surface area (Å²) in [5.74, 6) is 1.62. The molecule has 0 bridgehead atoms. The van der Waals surface area contributed by atoms with Gasteiger partial charge in [0, 0.05) is 13.1 Å². The zero-order valence-corrected chi connectivity index (χ0v) is 14.3. The van der Waals surface area contributed by atoms with Crippen molar-refractivity contribution < 1.29 is 14.3 Å². The maximum absolute atomic E-state index is 12.7. The fraction of sp³-hybridized carbons (Fsp3) is 0.300. The van der Waals surface area contributed by atoms with Crippen molar-refractivity contribution in [2.75, 3.05) is 19.9 Å². The summed E-state index contributed by atoms with van der Waals surface area (Å²) in [6.45, 7) is 1.75. The summed E-state index contributed by atoms with van der Waals surface area (Å²) >= 11 is 0. The van der Waals surface area contributed by atoms with Crippen LogP contribution in [0.2, 0.25) is 0 Å². The van der Waals surface area contributed by atoms with Crippen molar-refractivity contribution in [1.29, 1.82) is 0 Å². The summed E-state index contributed by atoms with van der Waals surface area (Å²) < 4.78 is 12.9. The van der Waals surface area contributed by atoms with E-state index in [0.29, 0.717) is 6.42 Å². The molecule has 0 saturated carbocycles. The molecule has 6 nitrogen and oxygen atoms in total. The fourth-order valence-corrected chi connectivity index (χ4v) is 3.80. The number of imidazole rings is 1. The van der Waals surface area contributed by atoms with Gasteiger partial charge in [-0.25, -0.2) is 4.98 Å². The number of amides is 1. The fourth-order valence-electron chi connectivity index (χ4n) is 3.80. The Hall–Kier alpha value is -3.02. The second kappa shape index (κ2) is 6.05. The monoisotopic (exact) mass is 349 g/mol. The lowest BCUT2D eigenvalue weighted by atomic mass is 10.1. The van der Waals surface area contributed by atoms with E-state index < -0.39 is 0 Å². The highest BCUT2D eigenvalue weighted by Crippen LogP contribution is 2.33. The second-order valence-corrected chi connectivity index (χ2v) is 6.79. The molecule has 0 aliphatic carbocycles. The molecule has 132 valence electrons. The zero-order chi connectivity index (χ0) is 17.5. The molecule has 0 N–H and O–H groups in total. The molecule has 3 heterocycles. The number of ether oxygens (including phenoxy) is 2. The normalized spacial score (nSPS) is 18.6. The Morgan fingerprint density at radius 3 is 3.00 bits per heavy atom. The molecule has 1 amide bonds. The first kappa shape index (κ1) is 15.3. The van der Waals surface area contributed by atoms with E-state index in [-0.39, 0.29) is 18.7 Å². The molecule has 6 heteroatoms. The van der Waals surface area contributed by atoms with Crippen molar-refractivity contribution in [2.45, 2.75) is 18.9 Å². The first-order valence-electron chi connectivity index (χ1n) is 8.86. The van der Waals surface area contributed by atoms with E-state index in [1.54, 1.807) is 0 Å². The van der Waals surface area contributed by atoms with Gasteiger partial charge in [-0.2, -0.15) is 0 Å². The summed E-state index contributed by atoms with van der Waals surface area (Å²) in [5.41, 5.74) is 3.08. The Morgan fingerprint density at radius 2 is 2.04 bits per heavy atom. The molecule has 1 aromatic heterocycles. The number of aromatic nitrogens is 2. The van der Waals surface area contributed by atoms with Gasteiger partial charge in [0.05, 0.1) is 29.8 Å². The van der Waals surface area contributed by atoms with Crippen molar-refractivity contribution >= 4 is 16.9 Å². The lowest BCUT2D eigenvalue weighted by molar-refractivity contribution is -0.129. The third-order valence-electron chi connectivity index (χ3n) is 5.18. The van der Waals surface area contributed by atoms with E-state index in [0.717, 1.165) is 47.6 Å². The smallest absolute Gasteiger partial charge is 0.231 e. The van der Waals surface area contributed by atoms with Crippen LogP contribution in [-0.2, 0) is 11.2 Å². The minimum Gasteiger partial charge on any atom is -0.454 e. The maximum atomic E-state index is 12.7. The van der Waals surface area contributed by atoms with Gasteiger partial charge < -0.3 is 18.9 Å². The molecule has 0 spiro atoms. The summed E-state index contributed by atoms with van der Waals surface area (Å²) in [7, 11) is 0. The minimum absolute atomic E-state index is 0.149. The van der Waals surface area contributed by atoms with Gasteiger partial charge in [-0.3, -0.25) is 4.79 Å². The van der Waals surface area contributed by atoms with Crippen LogP contribution in [0.5, 0.6) is 11.5 Å². The quantitative estimate of drug-likeness (QED) is 0.730. The second-order valence-electron chi connectivity index (χ2n) is 6.79. The van der Waals surface area contributed by atoms with Crippen molar-refractivity contribution in [3.8, 4) is 11.5 Å². The maximum Gasteiger partial charge on any atom is 0.231 e. The van der Waals surface area contributed by atoms with Crippen molar-refractivity contribution in [3.63, 3.8) is 0 Å². The molecule has 2 aliphatic heterocycles. The number of hydrogen-bond donors (Lipinski definition) is 0. The number of likely N-dealkylation sites (tertiary alicyclic amines) is 1. The standard InChI is InChI=1S/C20H19N3O3/c24-20(10-14-5-6-18-19(9-14)26-13-25-18)22-8-7-15(11-22)23-12-21-16-3-1-2-4-17(16)23/h1-6,9,12,15H,7-8,10-11,13H2/t15-/m0/s1. The van der Waals surface area contributed by atoms with Crippen LogP contribution in [0, 0.1) is 0 Å². The third-order valence-corrected chi connectivity index (χ3v) is 5.18. The predicted octanol–water partition coefficient (Wildman–Crippen LogP) is 2.78. The lowest BCUT2D eigenvalue weighted by Crippen LogP contribution is -2.30. The van der Waals surface area contributed by atoms with E-state index in [1.165, 1.54) is 0 Å². The first-order chi connectivity index (χ1) is 12.8. The molecule has 3 aromatic rings. The van der Waals surface area contributed by atoms with E-state index >= 15 is 0 Å². The highest BCUT2D eigenvalue weighted by atomic mass is 16.7.